The van der Waals surface area contributed by atoms with Gasteiger partial charge in [-0.15, -0.1) is 0 Å². The number of benzene rings is 1. The summed E-state index contributed by atoms with van der Waals surface area (Å²) in [5.41, 5.74) is 0.599. The maximum atomic E-state index is 12.7. The van der Waals surface area contributed by atoms with Crippen molar-refractivity contribution in [2.45, 2.75) is 32.6 Å². The van der Waals surface area contributed by atoms with Crippen molar-refractivity contribution in [3.8, 4) is 5.69 Å². The molecule has 0 amide bonds. The summed E-state index contributed by atoms with van der Waals surface area (Å²) < 4.78 is 40.0. The van der Waals surface area contributed by atoms with Crippen LogP contribution in [0.3, 0.4) is 0 Å². The Morgan fingerprint density at radius 1 is 1.29 bits per heavy atom. The molecule has 0 spiro atoms. The Morgan fingerprint density at radius 3 is 2.57 bits per heavy atom. The highest BCUT2D eigenvalue weighted by Gasteiger charge is 2.33. The molecule has 0 unspecified atom stereocenters. The highest BCUT2D eigenvalue weighted by molar-refractivity contribution is 9.10. The van der Waals surface area contributed by atoms with Crippen LogP contribution >= 0.6 is 15.9 Å². The SMILES string of the molecule is CC(C)NCc1ccc(Br)cc1-n1ccc(C(F)(F)F)n1. The van der Waals surface area contributed by atoms with Gasteiger partial charge in [0.15, 0.2) is 5.69 Å². The fourth-order valence-corrected chi connectivity index (χ4v) is 2.17. The smallest absolute Gasteiger partial charge is 0.310 e. The third kappa shape index (κ3) is 4.07. The van der Waals surface area contributed by atoms with E-state index in [0.717, 1.165) is 16.1 Å². The lowest BCUT2D eigenvalue weighted by Crippen LogP contribution is -2.22. The van der Waals surface area contributed by atoms with Crippen molar-refractivity contribution in [3.05, 3.63) is 46.2 Å². The molecule has 1 heterocycles. The molecular formula is C14H15BrF3N3. The van der Waals surface area contributed by atoms with Gasteiger partial charge in [0.25, 0.3) is 0 Å². The van der Waals surface area contributed by atoms with Crippen LogP contribution in [0.1, 0.15) is 25.1 Å². The molecule has 114 valence electrons. The molecule has 3 nitrogen and oxygen atoms in total. The lowest BCUT2D eigenvalue weighted by Gasteiger charge is -2.13. The molecule has 2 aromatic rings. The summed E-state index contributed by atoms with van der Waals surface area (Å²) in [6.07, 6.45) is -3.11. The van der Waals surface area contributed by atoms with Gasteiger partial charge in [-0.05, 0) is 23.8 Å². The molecule has 0 saturated carbocycles. The second-order valence-electron chi connectivity index (χ2n) is 4.95. The van der Waals surface area contributed by atoms with Gasteiger partial charge in [0.1, 0.15) is 0 Å². The van der Waals surface area contributed by atoms with E-state index in [0.29, 0.717) is 12.2 Å². The monoisotopic (exact) mass is 361 g/mol. The first kappa shape index (κ1) is 16.0. The van der Waals surface area contributed by atoms with Crippen LogP contribution in [-0.4, -0.2) is 15.8 Å². The number of nitrogens with one attached hydrogen (secondary N) is 1. The molecule has 7 heteroatoms. The summed E-state index contributed by atoms with van der Waals surface area (Å²) in [7, 11) is 0. The topological polar surface area (TPSA) is 29.9 Å². The summed E-state index contributed by atoms with van der Waals surface area (Å²) in [6.45, 7) is 4.57. The zero-order chi connectivity index (χ0) is 15.6. The first-order chi connectivity index (χ1) is 9.77. The van der Waals surface area contributed by atoms with Crippen molar-refractivity contribution >= 4 is 15.9 Å². The molecule has 0 bridgehead atoms. The minimum atomic E-state index is -4.44. The summed E-state index contributed by atoms with van der Waals surface area (Å²) in [5, 5.41) is 6.87. The van der Waals surface area contributed by atoms with Crippen LogP contribution < -0.4 is 5.32 Å². The Morgan fingerprint density at radius 2 is 2.00 bits per heavy atom. The maximum Gasteiger partial charge on any atom is 0.435 e. The Bertz CT molecular complexity index is 620. The highest BCUT2D eigenvalue weighted by Crippen LogP contribution is 2.28. The van der Waals surface area contributed by atoms with Gasteiger partial charge in [0.05, 0.1) is 5.69 Å². The molecule has 0 radical (unpaired) electrons. The number of hydrogen-bond acceptors (Lipinski definition) is 2. The second kappa shape index (κ2) is 6.19. The minimum Gasteiger partial charge on any atom is -0.310 e. The van der Waals surface area contributed by atoms with Gasteiger partial charge in [0.2, 0.25) is 0 Å². The van der Waals surface area contributed by atoms with E-state index in [9.17, 15) is 13.2 Å². The van der Waals surface area contributed by atoms with Crippen LogP contribution in [0, 0.1) is 0 Å². The minimum absolute atomic E-state index is 0.282. The van der Waals surface area contributed by atoms with Gasteiger partial charge < -0.3 is 5.32 Å². The number of nitrogens with zero attached hydrogens (tertiary/aromatic N) is 2. The Hall–Kier alpha value is -1.34. The average Bonchev–Trinajstić information content (AvgIpc) is 2.86. The Labute approximate surface area is 129 Å². The lowest BCUT2D eigenvalue weighted by molar-refractivity contribution is -0.141. The van der Waals surface area contributed by atoms with Crippen molar-refractivity contribution in [2.75, 3.05) is 0 Å². The predicted octanol–water partition coefficient (Wildman–Crippen LogP) is 4.15. The third-order valence-corrected chi connectivity index (χ3v) is 3.37. The fourth-order valence-electron chi connectivity index (χ4n) is 1.82. The standard InChI is InChI=1S/C14H15BrF3N3/c1-9(2)19-8-10-3-4-11(15)7-12(10)21-6-5-13(20-21)14(16,17)18/h3-7,9,19H,8H2,1-2H3. The van der Waals surface area contributed by atoms with Crippen LogP contribution in [0.5, 0.6) is 0 Å². The quantitative estimate of drug-likeness (QED) is 0.886. The molecule has 0 fully saturated rings. The van der Waals surface area contributed by atoms with E-state index in [2.05, 4.69) is 26.3 Å². The maximum absolute atomic E-state index is 12.7. The third-order valence-electron chi connectivity index (χ3n) is 2.87. The van der Waals surface area contributed by atoms with E-state index in [4.69, 9.17) is 0 Å². The van der Waals surface area contributed by atoms with E-state index < -0.39 is 11.9 Å². The van der Waals surface area contributed by atoms with Gasteiger partial charge in [-0.25, -0.2) is 4.68 Å². The van der Waals surface area contributed by atoms with Crippen LogP contribution in [-0.2, 0) is 12.7 Å². The van der Waals surface area contributed by atoms with Gasteiger partial charge in [-0.1, -0.05) is 35.8 Å². The van der Waals surface area contributed by atoms with Crippen LogP contribution in [0.2, 0.25) is 0 Å². The van der Waals surface area contributed by atoms with Crippen LogP contribution in [0.25, 0.3) is 5.69 Å². The van der Waals surface area contributed by atoms with Crippen molar-refractivity contribution in [1.82, 2.24) is 15.1 Å². The number of alkyl halides is 3. The van der Waals surface area contributed by atoms with Crippen LogP contribution in [0.15, 0.2) is 34.9 Å². The molecule has 0 aliphatic rings. The zero-order valence-electron chi connectivity index (χ0n) is 11.6. The fraction of sp³-hybridized carbons (Fsp3) is 0.357. The van der Waals surface area contributed by atoms with E-state index in [1.54, 1.807) is 6.07 Å². The van der Waals surface area contributed by atoms with Crippen molar-refractivity contribution in [2.24, 2.45) is 0 Å². The molecule has 21 heavy (non-hydrogen) atoms. The average molecular weight is 362 g/mol. The number of halogens is 4. The van der Waals surface area contributed by atoms with E-state index >= 15 is 0 Å². The Balaban J connectivity index is 2.37. The lowest BCUT2D eigenvalue weighted by atomic mass is 10.1. The summed E-state index contributed by atoms with van der Waals surface area (Å²) in [6, 6.07) is 6.73. The van der Waals surface area contributed by atoms with Crippen molar-refractivity contribution in [3.63, 3.8) is 0 Å². The second-order valence-corrected chi connectivity index (χ2v) is 5.87. The summed E-state index contributed by atoms with van der Waals surface area (Å²) >= 11 is 3.34. The molecule has 1 N–H and O–H groups in total. The molecule has 1 aromatic carbocycles. The molecule has 0 aliphatic carbocycles. The van der Waals surface area contributed by atoms with Gasteiger partial charge in [-0.2, -0.15) is 18.3 Å². The zero-order valence-corrected chi connectivity index (χ0v) is 13.2. The highest BCUT2D eigenvalue weighted by atomic mass is 79.9. The van der Waals surface area contributed by atoms with E-state index in [1.807, 2.05) is 26.0 Å². The molecule has 1 aromatic heterocycles. The molecule has 0 atom stereocenters. The normalized spacial score (nSPS) is 12.1. The first-order valence-corrected chi connectivity index (χ1v) is 7.21. The van der Waals surface area contributed by atoms with Crippen molar-refractivity contribution < 1.29 is 13.2 Å². The Kier molecular flexibility index (Phi) is 4.73. The van der Waals surface area contributed by atoms with Gasteiger partial charge in [-0.3, -0.25) is 0 Å². The van der Waals surface area contributed by atoms with Crippen molar-refractivity contribution in [1.29, 1.82) is 0 Å². The number of rotatable bonds is 4. The first-order valence-electron chi connectivity index (χ1n) is 6.42. The van der Waals surface area contributed by atoms with Gasteiger partial charge >= 0.3 is 6.18 Å². The predicted molar refractivity (Wildman–Crippen MR) is 78.2 cm³/mol. The molecular weight excluding hydrogens is 347 g/mol. The number of aromatic nitrogens is 2. The van der Waals surface area contributed by atoms with Crippen LogP contribution in [0.4, 0.5) is 13.2 Å². The summed E-state index contributed by atoms with van der Waals surface area (Å²) in [5.74, 6) is 0. The number of hydrogen-bond donors (Lipinski definition) is 1. The van der Waals surface area contributed by atoms with E-state index in [1.165, 1.54) is 10.9 Å². The molecule has 2 rings (SSSR count). The van der Waals surface area contributed by atoms with Gasteiger partial charge in [0, 0.05) is 23.3 Å². The molecule has 0 aliphatic heterocycles. The summed E-state index contributed by atoms with van der Waals surface area (Å²) in [4.78, 5) is 0. The largest absolute Gasteiger partial charge is 0.435 e. The van der Waals surface area contributed by atoms with E-state index in [-0.39, 0.29) is 6.04 Å². The molecule has 0 saturated heterocycles.